The summed E-state index contributed by atoms with van der Waals surface area (Å²) < 4.78 is 1.40. The van der Waals surface area contributed by atoms with E-state index >= 15 is 0 Å². The number of nitrogens with zero attached hydrogens (tertiary/aromatic N) is 1. The summed E-state index contributed by atoms with van der Waals surface area (Å²) in [6, 6.07) is 17.9. The number of benzene rings is 2. The topological polar surface area (TPSA) is 3.24 Å². The summed E-state index contributed by atoms with van der Waals surface area (Å²) in [7, 11) is 2.22. The highest BCUT2D eigenvalue weighted by Crippen LogP contribution is 2.37. The molecule has 0 N–H and O–H groups in total. The average molecular weight is 279 g/mol. The van der Waals surface area contributed by atoms with Gasteiger partial charge in [0.1, 0.15) is 0 Å². The van der Waals surface area contributed by atoms with Gasteiger partial charge in [0, 0.05) is 23.7 Å². The van der Waals surface area contributed by atoms with Gasteiger partial charge in [-0.1, -0.05) is 36.4 Å². The molecule has 1 nitrogen and oxygen atoms in total. The molecule has 0 spiro atoms. The fraction of sp³-hybridized carbons (Fsp3) is 0.222. The first kappa shape index (κ1) is 12.1. The molecule has 0 radical (unpaired) electrons. The molecule has 20 heavy (non-hydrogen) atoms. The van der Waals surface area contributed by atoms with Crippen LogP contribution in [0.15, 0.2) is 53.9 Å². The van der Waals surface area contributed by atoms with Crippen molar-refractivity contribution < 1.29 is 0 Å². The minimum atomic E-state index is 0.489. The van der Waals surface area contributed by atoms with Gasteiger partial charge in [-0.15, -0.1) is 11.3 Å². The molecule has 0 saturated heterocycles. The van der Waals surface area contributed by atoms with Crippen LogP contribution in [-0.4, -0.2) is 18.5 Å². The molecule has 1 aromatic heterocycles. The second kappa shape index (κ2) is 4.72. The number of thiophene rings is 1. The lowest BCUT2D eigenvalue weighted by Crippen LogP contribution is -2.30. The van der Waals surface area contributed by atoms with Crippen molar-refractivity contribution in [3.8, 4) is 0 Å². The number of fused-ring (bicyclic) bond motifs is 2. The van der Waals surface area contributed by atoms with Gasteiger partial charge in [0.2, 0.25) is 0 Å². The highest BCUT2D eigenvalue weighted by atomic mass is 32.1. The summed E-state index contributed by atoms with van der Waals surface area (Å²) in [5.74, 6) is 0.489. The quantitative estimate of drug-likeness (QED) is 0.635. The van der Waals surface area contributed by atoms with Crippen molar-refractivity contribution in [2.75, 3.05) is 13.6 Å². The predicted octanol–water partition coefficient (Wildman–Crippen LogP) is 4.48. The van der Waals surface area contributed by atoms with Crippen LogP contribution in [0.5, 0.6) is 0 Å². The minimum Gasteiger partial charge on any atom is -0.301 e. The molecule has 1 aliphatic heterocycles. The molecule has 0 bridgehead atoms. The monoisotopic (exact) mass is 279 g/mol. The summed E-state index contributed by atoms with van der Waals surface area (Å²) >= 11 is 1.83. The molecule has 2 aromatic carbocycles. The summed E-state index contributed by atoms with van der Waals surface area (Å²) in [5.41, 5.74) is 4.45. The van der Waals surface area contributed by atoms with Crippen molar-refractivity contribution in [3.63, 3.8) is 0 Å². The Balaban J connectivity index is 1.92. The van der Waals surface area contributed by atoms with Crippen molar-refractivity contribution in [3.05, 3.63) is 70.6 Å². The molecule has 2 heteroatoms. The molecule has 1 aliphatic rings. The van der Waals surface area contributed by atoms with Crippen LogP contribution >= 0.6 is 11.3 Å². The third kappa shape index (κ3) is 1.88. The molecule has 3 aromatic rings. The van der Waals surface area contributed by atoms with Gasteiger partial charge >= 0.3 is 0 Å². The lowest BCUT2D eigenvalue weighted by molar-refractivity contribution is 0.296. The van der Waals surface area contributed by atoms with Crippen molar-refractivity contribution in [1.29, 1.82) is 0 Å². The number of likely N-dealkylation sites (N-methyl/N-ethyl adjacent to an activating group) is 1. The Labute approximate surface area is 123 Å². The zero-order chi connectivity index (χ0) is 13.5. The summed E-state index contributed by atoms with van der Waals surface area (Å²) in [6.45, 7) is 2.16. The summed E-state index contributed by atoms with van der Waals surface area (Å²) in [5, 5.41) is 3.62. The maximum absolute atomic E-state index is 2.43. The highest BCUT2D eigenvalue weighted by Gasteiger charge is 2.25. The van der Waals surface area contributed by atoms with E-state index < -0.39 is 0 Å². The van der Waals surface area contributed by atoms with E-state index in [2.05, 4.69) is 65.9 Å². The van der Waals surface area contributed by atoms with Crippen LogP contribution in [0.3, 0.4) is 0 Å². The zero-order valence-corrected chi connectivity index (χ0v) is 12.4. The van der Waals surface area contributed by atoms with Crippen LogP contribution in [0.25, 0.3) is 10.1 Å². The first-order valence-corrected chi connectivity index (χ1v) is 7.93. The Kier molecular flexibility index (Phi) is 2.86. The van der Waals surface area contributed by atoms with Crippen molar-refractivity contribution in [2.24, 2.45) is 0 Å². The van der Waals surface area contributed by atoms with E-state index in [1.54, 1.807) is 0 Å². The molecule has 2 heterocycles. The molecule has 0 saturated carbocycles. The van der Waals surface area contributed by atoms with Gasteiger partial charge in [-0.3, -0.25) is 0 Å². The van der Waals surface area contributed by atoms with E-state index in [0.717, 1.165) is 13.1 Å². The first-order valence-electron chi connectivity index (χ1n) is 7.05. The van der Waals surface area contributed by atoms with Gasteiger partial charge < -0.3 is 4.90 Å². The minimum absolute atomic E-state index is 0.489. The van der Waals surface area contributed by atoms with Crippen LogP contribution in [-0.2, 0) is 6.54 Å². The van der Waals surface area contributed by atoms with Crippen molar-refractivity contribution >= 4 is 21.4 Å². The van der Waals surface area contributed by atoms with Gasteiger partial charge in [0.05, 0.1) is 0 Å². The molecular weight excluding hydrogens is 262 g/mol. The van der Waals surface area contributed by atoms with Crippen LogP contribution < -0.4 is 0 Å². The first-order chi connectivity index (χ1) is 9.83. The smallest absolute Gasteiger partial charge is 0.0345 e. The lowest BCUT2D eigenvalue weighted by atomic mass is 9.83. The van der Waals surface area contributed by atoms with E-state index in [1.165, 1.54) is 26.8 Å². The molecule has 1 unspecified atom stereocenters. The Bertz CT molecular complexity index is 759. The van der Waals surface area contributed by atoms with Gasteiger partial charge in [-0.05, 0) is 46.6 Å². The standard InChI is InChI=1S/C18H17NS/c1-19-11-13-5-2-3-6-14(13)17(12-19)15-7-4-8-18-16(15)9-10-20-18/h2-10,17H,11-12H2,1H3. The van der Waals surface area contributed by atoms with Gasteiger partial charge in [-0.2, -0.15) is 0 Å². The van der Waals surface area contributed by atoms with E-state index in [0.29, 0.717) is 5.92 Å². The van der Waals surface area contributed by atoms with Gasteiger partial charge in [0.25, 0.3) is 0 Å². The maximum Gasteiger partial charge on any atom is 0.0345 e. The molecule has 0 aliphatic carbocycles. The molecule has 1 atom stereocenters. The van der Waals surface area contributed by atoms with Crippen LogP contribution in [0, 0.1) is 0 Å². The largest absolute Gasteiger partial charge is 0.301 e. The Morgan fingerprint density at radius 1 is 1.00 bits per heavy atom. The fourth-order valence-corrected chi connectivity index (χ4v) is 4.19. The van der Waals surface area contributed by atoms with Crippen molar-refractivity contribution in [2.45, 2.75) is 12.5 Å². The Morgan fingerprint density at radius 2 is 1.85 bits per heavy atom. The molecule has 0 amide bonds. The van der Waals surface area contributed by atoms with Crippen LogP contribution in [0.4, 0.5) is 0 Å². The van der Waals surface area contributed by atoms with E-state index in [1.807, 2.05) is 11.3 Å². The normalized spacial score (nSPS) is 19.1. The number of hydrogen-bond acceptors (Lipinski definition) is 2. The fourth-order valence-electron chi connectivity index (χ4n) is 3.37. The molecule has 100 valence electrons. The molecule has 0 fully saturated rings. The summed E-state index contributed by atoms with van der Waals surface area (Å²) in [6.07, 6.45) is 0. The average Bonchev–Trinajstić information content (AvgIpc) is 2.94. The SMILES string of the molecule is CN1Cc2ccccc2C(c2cccc3sccc23)C1. The van der Waals surface area contributed by atoms with E-state index in [9.17, 15) is 0 Å². The Morgan fingerprint density at radius 3 is 2.80 bits per heavy atom. The Hall–Kier alpha value is -1.64. The highest BCUT2D eigenvalue weighted by molar-refractivity contribution is 7.17. The zero-order valence-electron chi connectivity index (χ0n) is 11.5. The maximum atomic E-state index is 2.43. The molecular formula is C18H17NS. The van der Waals surface area contributed by atoms with E-state index in [4.69, 9.17) is 0 Å². The number of hydrogen-bond donors (Lipinski definition) is 0. The molecule has 4 rings (SSSR count). The van der Waals surface area contributed by atoms with Crippen molar-refractivity contribution in [1.82, 2.24) is 4.90 Å². The number of rotatable bonds is 1. The second-order valence-electron chi connectivity index (χ2n) is 5.63. The summed E-state index contributed by atoms with van der Waals surface area (Å²) in [4.78, 5) is 2.43. The van der Waals surface area contributed by atoms with Crippen LogP contribution in [0.2, 0.25) is 0 Å². The van der Waals surface area contributed by atoms with Crippen LogP contribution in [0.1, 0.15) is 22.6 Å². The van der Waals surface area contributed by atoms with Gasteiger partial charge in [-0.25, -0.2) is 0 Å². The third-order valence-corrected chi connectivity index (χ3v) is 5.15. The van der Waals surface area contributed by atoms with E-state index in [-0.39, 0.29) is 0 Å². The lowest BCUT2D eigenvalue weighted by Gasteiger charge is -2.33. The third-order valence-electron chi connectivity index (χ3n) is 4.27. The predicted molar refractivity (Wildman–Crippen MR) is 86.4 cm³/mol. The second-order valence-corrected chi connectivity index (χ2v) is 6.58. The van der Waals surface area contributed by atoms with Gasteiger partial charge in [0.15, 0.2) is 0 Å².